The maximum atomic E-state index is 12.6. The SMILES string of the molecule is CCc1ccc(CN(C)C(=O)CCC2=C=NN=C(CCc3c[nH]c4ccccc34)O2)cc1. The van der Waals surface area contributed by atoms with Crippen molar-refractivity contribution in [2.75, 3.05) is 7.05 Å². The van der Waals surface area contributed by atoms with Gasteiger partial charge in [-0.1, -0.05) is 54.5 Å². The highest BCUT2D eigenvalue weighted by atomic mass is 16.5. The fraction of sp³-hybridized carbons (Fsp3) is 0.308. The van der Waals surface area contributed by atoms with E-state index in [1.807, 2.05) is 25.4 Å². The first-order valence-electron chi connectivity index (χ1n) is 11.1. The van der Waals surface area contributed by atoms with Gasteiger partial charge in [-0.25, -0.2) is 0 Å². The smallest absolute Gasteiger partial charge is 0.223 e. The van der Waals surface area contributed by atoms with Gasteiger partial charge in [0, 0.05) is 50.0 Å². The zero-order valence-corrected chi connectivity index (χ0v) is 18.6. The average Bonchev–Trinajstić information content (AvgIpc) is 3.25. The lowest BCUT2D eigenvalue weighted by molar-refractivity contribution is -0.130. The van der Waals surface area contributed by atoms with Gasteiger partial charge in [-0.2, -0.15) is 0 Å². The number of para-hydroxylation sites is 1. The van der Waals surface area contributed by atoms with Crippen LogP contribution in [0.1, 0.15) is 42.9 Å². The number of H-pyrrole nitrogens is 1. The minimum atomic E-state index is 0.0605. The van der Waals surface area contributed by atoms with E-state index in [0.717, 1.165) is 23.9 Å². The van der Waals surface area contributed by atoms with Gasteiger partial charge in [0.1, 0.15) is 0 Å². The molecule has 1 amide bonds. The molecule has 0 spiro atoms. The molecule has 1 N–H and O–H groups in total. The maximum Gasteiger partial charge on any atom is 0.223 e. The lowest BCUT2D eigenvalue weighted by Gasteiger charge is -2.18. The monoisotopic (exact) mass is 428 g/mol. The van der Waals surface area contributed by atoms with E-state index < -0.39 is 0 Å². The van der Waals surface area contributed by atoms with Gasteiger partial charge in [-0.15, -0.1) is 5.10 Å². The summed E-state index contributed by atoms with van der Waals surface area (Å²) in [5.41, 5.74) is 4.76. The number of ether oxygens (including phenoxy) is 1. The molecule has 3 aromatic rings. The van der Waals surface area contributed by atoms with Crippen molar-refractivity contribution >= 4 is 28.6 Å². The summed E-state index contributed by atoms with van der Waals surface area (Å²) in [5.74, 6) is 3.96. The third-order valence-corrected chi connectivity index (χ3v) is 5.70. The number of allylic oxidation sites excluding steroid dienone is 1. The highest BCUT2D eigenvalue weighted by Gasteiger charge is 2.15. The van der Waals surface area contributed by atoms with Crippen LogP contribution in [0.5, 0.6) is 0 Å². The highest BCUT2D eigenvalue weighted by Crippen LogP contribution is 2.20. The summed E-state index contributed by atoms with van der Waals surface area (Å²) in [6.07, 6.45) is 5.27. The van der Waals surface area contributed by atoms with E-state index in [1.165, 1.54) is 16.5 Å². The molecule has 164 valence electrons. The van der Waals surface area contributed by atoms with E-state index in [0.29, 0.717) is 37.5 Å². The second-order valence-corrected chi connectivity index (χ2v) is 8.01. The lowest BCUT2D eigenvalue weighted by atomic mass is 10.1. The number of amides is 1. The molecule has 2 aromatic carbocycles. The Kier molecular flexibility index (Phi) is 6.83. The minimum Gasteiger partial charge on any atom is -0.436 e. The summed E-state index contributed by atoms with van der Waals surface area (Å²) in [6, 6.07) is 16.6. The number of aryl methyl sites for hydroxylation is 2. The Hall–Kier alpha value is -3.63. The number of hydrogen-bond acceptors (Lipinski definition) is 4. The molecule has 1 aromatic heterocycles. The molecule has 0 atom stereocenters. The average molecular weight is 429 g/mol. The van der Waals surface area contributed by atoms with Crippen LogP contribution in [0.4, 0.5) is 0 Å². The van der Waals surface area contributed by atoms with Gasteiger partial charge in [-0.05, 0) is 35.6 Å². The number of carbonyl (C=O) groups excluding carboxylic acids is 1. The van der Waals surface area contributed by atoms with Crippen molar-refractivity contribution in [3.8, 4) is 0 Å². The topological polar surface area (TPSA) is 70.0 Å². The van der Waals surface area contributed by atoms with Crippen LogP contribution in [-0.2, 0) is 28.9 Å². The van der Waals surface area contributed by atoms with Crippen LogP contribution in [-0.4, -0.2) is 34.6 Å². The van der Waals surface area contributed by atoms with Crippen molar-refractivity contribution in [3.63, 3.8) is 0 Å². The largest absolute Gasteiger partial charge is 0.436 e. The molecule has 0 unspecified atom stereocenters. The van der Waals surface area contributed by atoms with E-state index in [9.17, 15) is 4.79 Å². The summed E-state index contributed by atoms with van der Waals surface area (Å²) >= 11 is 0. The van der Waals surface area contributed by atoms with Crippen LogP contribution in [0.2, 0.25) is 0 Å². The van der Waals surface area contributed by atoms with Gasteiger partial charge >= 0.3 is 0 Å². The van der Waals surface area contributed by atoms with Gasteiger partial charge in [0.05, 0.1) is 5.87 Å². The summed E-state index contributed by atoms with van der Waals surface area (Å²) in [4.78, 5) is 17.6. The van der Waals surface area contributed by atoms with Gasteiger partial charge in [0.2, 0.25) is 11.8 Å². The molecule has 1 aliphatic rings. The zero-order valence-electron chi connectivity index (χ0n) is 18.6. The van der Waals surface area contributed by atoms with Crippen LogP contribution >= 0.6 is 0 Å². The van der Waals surface area contributed by atoms with Crippen LogP contribution in [0.25, 0.3) is 10.9 Å². The Morgan fingerprint density at radius 2 is 1.84 bits per heavy atom. The Morgan fingerprint density at radius 3 is 2.66 bits per heavy atom. The number of nitrogens with one attached hydrogen (secondary N) is 1. The van der Waals surface area contributed by atoms with E-state index in [2.05, 4.69) is 64.4 Å². The van der Waals surface area contributed by atoms with E-state index in [-0.39, 0.29) is 5.91 Å². The predicted octanol–water partition coefficient (Wildman–Crippen LogP) is 5.00. The Morgan fingerprint density at radius 1 is 1.06 bits per heavy atom. The lowest BCUT2D eigenvalue weighted by Crippen LogP contribution is -2.26. The number of fused-ring (bicyclic) bond motifs is 1. The number of hydrogen-bond donors (Lipinski definition) is 1. The Balaban J connectivity index is 1.24. The number of aromatic amines is 1. The summed E-state index contributed by atoms with van der Waals surface area (Å²) in [5, 5.41) is 9.23. The molecular weight excluding hydrogens is 400 g/mol. The van der Waals surface area contributed by atoms with Crippen LogP contribution in [0.15, 0.2) is 70.7 Å². The second-order valence-electron chi connectivity index (χ2n) is 8.01. The Bertz CT molecular complexity index is 1180. The fourth-order valence-corrected chi connectivity index (χ4v) is 3.76. The summed E-state index contributed by atoms with van der Waals surface area (Å²) in [6.45, 7) is 2.72. The quantitative estimate of drug-likeness (QED) is 0.521. The first-order chi connectivity index (χ1) is 15.6. The molecule has 0 bridgehead atoms. The van der Waals surface area contributed by atoms with E-state index >= 15 is 0 Å². The molecule has 0 saturated heterocycles. The number of nitrogens with zero attached hydrogens (tertiary/aromatic N) is 3. The van der Waals surface area contributed by atoms with Crippen LogP contribution in [0.3, 0.4) is 0 Å². The third kappa shape index (κ3) is 5.34. The molecule has 6 nitrogen and oxygen atoms in total. The molecule has 4 rings (SSSR count). The molecule has 1 aliphatic heterocycles. The molecule has 32 heavy (non-hydrogen) atoms. The molecule has 2 heterocycles. The molecule has 0 radical (unpaired) electrons. The number of benzene rings is 2. The van der Waals surface area contributed by atoms with Crippen molar-refractivity contribution in [1.29, 1.82) is 0 Å². The zero-order chi connectivity index (χ0) is 22.3. The van der Waals surface area contributed by atoms with Crippen molar-refractivity contribution in [1.82, 2.24) is 9.88 Å². The molecule has 0 fully saturated rings. The van der Waals surface area contributed by atoms with Gasteiger partial charge < -0.3 is 14.6 Å². The van der Waals surface area contributed by atoms with Crippen molar-refractivity contribution < 1.29 is 9.53 Å². The number of aromatic nitrogens is 1. The molecular formula is C26H28N4O2. The first kappa shape index (κ1) is 21.6. The van der Waals surface area contributed by atoms with E-state index in [4.69, 9.17) is 4.74 Å². The standard InChI is InChI=1S/C26H28N4O2/c1-3-19-8-10-20(11-9-19)18-30(2)26(31)15-13-22-17-28-29-25(32-22)14-12-21-16-27-24-7-5-4-6-23(21)24/h4-11,16,27H,3,12-15,18H2,1-2H3. The van der Waals surface area contributed by atoms with Crippen LogP contribution < -0.4 is 0 Å². The third-order valence-electron chi connectivity index (χ3n) is 5.70. The summed E-state index contributed by atoms with van der Waals surface area (Å²) in [7, 11) is 1.83. The van der Waals surface area contributed by atoms with Crippen molar-refractivity contribution in [3.05, 3.63) is 77.2 Å². The molecule has 0 saturated carbocycles. The van der Waals surface area contributed by atoms with Crippen molar-refractivity contribution in [2.24, 2.45) is 10.2 Å². The van der Waals surface area contributed by atoms with Crippen molar-refractivity contribution in [2.45, 2.75) is 45.6 Å². The van der Waals surface area contributed by atoms with Gasteiger partial charge in [0.15, 0.2) is 5.76 Å². The fourth-order valence-electron chi connectivity index (χ4n) is 3.76. The molecule has 0 aliphatic carbocycles. The van der Waals surface area contributed by atoms with E-state index in [1.54, 1.807) is 4.90 Å². The highest BCUT2D eigenvalue weighted by molar-refractivity contribution is 5.85. The summed E-state index contributed by atoms with van der Waals surface area (Å²) < 4.78 is 5.85. The Labute approximate surface area is 188 Å². The minimum absolute atomic E-state index is 0.0605. The normalized spacial score (nSPS) is 12.9. The van der Waals surface area contributed by atoms with Crippen LogP contribution in [0, 0.1) is 0 Å². The number of carbonyl (C=O) groups is 1. The predicted molar refractivity (Wildman–Crippen MR) is 128 cm³/mol. The number of rotatable bonds is 9. The maximum absolute atomic E-state index is 12.6. The first-order valence-corrected chi connectivity index (χ1v) is 11.1. The molecule has 6 heteroatoms. The van der Waals surface area contributed by atoms with Gasteiger partial charge in [0.25, 0.3) is 0 Å². The van der Waals surface area contributed by atoms with Gasteiger partial charge in [-0.3, -0.25) is 4.79 Å². The second kappa shape index (κ2) is 10.1.